The lowest BCUT2D eigenvalue weighted by molar-refractivity contribution is -0.128. The Labute approximate surface area is 128 Å². The molecule has 0 unspecified atom stereocenters. The third-order valence-corrected chi connectivity index (χ3v) is 3.87. The molecule has 6 nitrogen and oxygen atoms in total. The molecular formula is C11H9Cl2N3O3S. The number of nitrogen functional groups attached to an aromatic ring is 1. The van der Waals surface area contributed by atoms with Gasteiger partial charge in [-0.25, -0.2) is 0 Å². The summed E-state index contributed by atoms with van der Waals surface area (Å²) in [5.41, 5.74) is 6.10. The monoisotopic (exact) mass is 333 g/mol. The zero-order valence-corrected chi connectivity index (χ0v) is 12.3. The van der Waals surface area contributed by atoms with E-state index in [0.29, 0.717) is 5.02 Å². The molecule has 3 amide bonds. The van der Waals surface area contributed by atoms with Gasteiger partial charge in [-0.1, -0.05) is 35.0 Å². The fraction of sp³-hybridized carbons (Fsp3) is 0.182. The summed E-state index contributed by atoms with van der Waals surface area (Å²) < 4.78 is 0. The molecule has 2 rings (SSSR count). The van der Waals surface area contributed by atoms with Crippen molar-refractivity contribution in [2.75, 3.05) is 23.3 Å². The SMILES string of the molecule is Nc1cc(Cl)cc(Cl)c1NC(=O)CN1C(=O)CSC1=O. The van der Waals surface area contributed by atoms with Gasteiger partial charge in [-0.15, -0.1) is 0 Å². The predicted molar refractivity (Wildman–Crippen MR) is 79.1 cm³/mol. The summed E-state index contributed by atoms with van der Waals surface area (Å²) in [5.74, 6) is -0.911. The first-order chi connectivity index (χ1) is 9.38. The summed E-state index contributed by atoms with van der Waals surface area (Å²) in [7, 11) is 0. The molecule has 20 heavy (non-hydrogen) atoms. The molecule has 1 saturated heterocycles. The van der Waals surface area contributed by atoms with Crippen molar-refractivity contribution in [3.63, 3.8) is 0 Å². The minimum atomic E-state index is -0.565. The van der Waals surface area contributed by atoms with Crippen molar-refractivity contribution in [1.29, 1.82) is 0 Å². The number of thioether (sulfide) groups is 1. The fourth-order valence-electron chi connectivity index (χ4n) is 1.58. The molecule has 0 atom stereocenters. The van der Waals surface area contributed by atoms with Gasteiger partial charge in [-0.05, 0) is 12.1 Å². The number of nitrogens with zero attached hydrogens (tertiary/aromatic N) is 1. The highest BCUT2D eigenvalue weighted by atomic mass is 35.5. The summed E-state index contributed by atoms with van der Waals surface area (Å²) in [6.07, 6.45) is 0. The van der Waals surface area contributed by atoms with Crippen molar-refractivity contribution in [2.24, 2.45) is 0 Å². The van der Waals surface area contributed by atoms with E-state index in [1.807, 2.05) is 0 Å². The summed E-state index contributed by atoms with van der Waals surface area (Å²) in [6.45, 7) is -0.372. The van der Waals surface area contributed by atoms with Gasteiger partial charge in [0.1, 0.15) is 6.54 Å². The lowest BCUT2D eigenvalue weighted by Crippen LogP contribution is -2.36. The van der Waals surface area contributed by atoms with E-state index < -0.39 is 17.1 Å². The van der Waals surface area contributed by atoms with Gasteiger partial charge in [0.05, 0.1) is 22.2 Å². The molecule has 1 aliphatic heterocycles. The van der Waals surface area contributed by atoms with Gasteiger partial charge in [0.15, 0.2) is 0 Å². The van der Waals surface area contributed by atoms with Gasteiger partial charge in [-0.3, -0.25) is 19.3 Å². The van der Waals surface area contributed by atoms with Crippen LogP contribution in [0.3, 0.4) is 0 Å². The molecule has 1 aromatic carbocycles. The van der Waals surface area contributed by atoms with Crippen LogP contribution in [-0.2, 0) is 9.59 Å². The summed E-state index contributed by atoms with van der Waals surface area (Å²) in [6, 6.07) is 2.86. The molecule has 0 aliphatic carbocycles. The molecule has 9 heteroatoms. The molecule has 1 aromatic rings. The largest absolute Gasteiger partial charge is 0.397 e. The van der Waals surface area contributed by atoms with Crippen LogP contribution in [0.25, 0.3) is 0 Å². The highest BCUT2D eigenvalue weighted by Gasteiger charge is 2.31. The van der Waals surface area contributed by atoms with Crippen LogP contribution in [0, 0.1) is 0 Å². The number of carbonyl (C=O) groups is 3. The molecule has 3 N–H and O–H groups in total. The maximum atomic E-state index is 11.8. The molecular weight excluding hydrogens is 325 g/mol. The van der Waals surface area contributed by atoms with E-state index >= 15 is 0 Å². The zero-order chi connectivity index (χ0) is 14.9. The predicted octanol–water partition coefficient (Wildman–Crippen LogP) is 2.21. The topological polar surface area (TPSA) is 92.5 Å². The van der Waals surface area contributed by atoms with Crippen molar-refractivity contribution in [3.8, 4) is 0 Å². The van der Waals surface area contributed by atoms with Crippen molar-refractivity contribution in [1.82, 2.24) is 4.90 Å². The molecule has 1 aliphatic rings. The van der Waals surface area contributed by atoms with Gasteiger partial charge in [0, 0.05) is 5.02 Å². The van der Waals surface area contributed by atoms with Crippen LogP contribution in [0.5, 0.6) is 0 Å². The molecule has 0 saturated carbocycles. The zero-order valence-electron chi connectivity index (χ0n) is 9.98. The second kappa shape index (κ2) is 5.90. The van der Waals surface area contributed by atoms with E-state index in [0.717, 1.165) is 16.7 Å². The standard InChI is InChI=1S/C11H9Cl2N3O3S/c12-5-1-6(13)10(7(14)2-5)15-8(17)3-16-9(18)4-20-11(16)19/h1-2H,3-4,14H2,(H,15,17). The summed E-state index contributed by atoms with van der Waals surface area (Å²) >= 11 is 12.5. The van der Waals surface area contributed by atoms with E-state index in [1.54, 1.807) is 0 Å². The molecule has 0 bridgehead atoms. The number of hydrogen-bond acceptors (Lipinski definition) is 5. The number of imide groups is 1. The first kappa shape index (κ1) is 15.0. The smallest absolute Gasteiger partial charge is 0.289 e. The van der Waals surface area contributed by atoms with Gasteiger partial charge in [0.2, 0.25) is 11.8 Å². The Morgan fingerprint density at radius 2 is 2.10 bits per heavy atom. The molecule has 1 fully saturated rings. The first-order valence-electron chi connectivity index (χ1n) is 5.40. The molecule has 106 valence electrons. The first-order valence-corrected chi connectivity index (χ1v) is 7.14. The molecule has 0 aromatic heterocycles. The minimum Gasteiger partial charge on any atom is -0.397 e. The number of amides is 3. The van der Waals surface area contributed by atoms with Gasteiger partial charge in [-0.2, -0.15) is 0 Å². The highest BCUT2D eigenvalue weighted by Crippen LogP contribution is 2.32. The molecule has 0 spiro atoms. The molecule has 1 heterocycles. The van der Waals surface area contributed by atoms with Crippen LogP contribution in [-0.4, -0.2) is 34.3 Å². The lowest BCUT2D eigenvalue weighted by Gasteiger charge is -2.14. The van der Waals surface area contributed by atoms with Crippen LogP contribution >= 0.6 is 35.0 Å². The maximum Gasteiger partial charge on any atom is 0.289 e. The van der Waals surface area contributed by atoms with Crippen LogP contribution < -0.4 is 11.1 Å². The summed E-state index contributed by atoms with van der Waals surface area (Å²) in [4.78, 5) is 35.5. The Balaban J connectivity index is 2.09. The minimum absolute atomic E-state index is 0.0515. The Kier molecular flexibility index (Phi) is 4.42. The molecule has 0 radical (unpaired) electrons. The number of nitrogens with two attached hydrogens (primary N) is 1. The van der Waals surface area contributed by atoms with Crippen LogP contribution in [0.4, 0.5) is 16.2 Å². The van der Waals surface area contributed by atoms with Crippen molar-refractivity contribution in [2.45, 2.75) is 0 Å². The Morgan fingerprint density at radius 1 is 1.40 bits per heavy atom. The fourth-order valence-corrected chi connectivity index (χ4v) is 2.86. The number of halogens is 2. The van der Waals surface area contributed by atoms with Crippen LogP contribution in [0.15, 0.2) is 12.1 Å². The number of hydrogen-bond donors (Lipinski definition) is 2. The van der Waals surface area contributed by atoms with Crippen molar-refractivity contribution >= 4 is 63.4 Å². The lowest BCUT2D eigenvalue weighted by atomic mass is 10.2. The maximum absolute atomic E-state index is 11.8. The van der Waals surface area contributed by atoms with Gasteiger partial charge >= 0.3 is 0 Å². The van der Waals surface area contributed by atoms with Gasteiger partial charge in [0.25, 0.3) is 5.24 Å². The normalized spacial score (nSPS) is 14.8. The van der Waals surface area contributed by atoms with Crippen LogP contribution in [0.1, 0.15) is 0 Å². The van der Waals surface area contributed by atoms with Crippen molar-refractivity contribution < 1.29 is 14.4 Å². The second-order valence-electron chi connectivity index (χ2n) is 3.93. The summed E-state index contributed by atoms with van der Waals surface area (Å²) in [5, 5.41) is 2.54. The average Bonchev–Trinajstić information content (AvgIpc) is 2.65. The van der Waals surface area contributed by atoms with Crippen LogP contribution in [0.2, 0.25) is 10.0 Å². The number of anilines is 2. The average molecular weight is 334 g/mol. The third-order valence-electron chi connectivity index (χ3n) is 2.49. The van der Waals surface area contributed by atoms with E-state index in [4.69, 9.17) is 28.9 Å². The number of nitrogens with one attached hydrogen (secondary N) is 1. The van der Waals surface area contributed by atoms with E-state index in [1.165, 1.54) is 12.1 Å². The highest BCUT2D eigenvalue weighted by molar-refractivity contribution is 8.14. The Bertz CT molecular complexity index is 570. The van der Waals surface area contributed by atoms with E-state index in [-0.39, 0.29) is 28.7 Å². The second-order valence-corrected chi connectivity index (χ2v) is 5.70. The number of benzene rings is 1. The van der Waals surface area contributed by atoms with E-state index in [2.05, 4.69) is 5.32 Å². The number of rotatable bonds is 3. The Morgan fingerprint density at radius 3 is 2.65 bits per heavy atom. The van der Waals surface area contributed by atoms with Crippen molar-refractivity contribution in [3.05, 3.63) is 22.2 Å². The quantitative estimate of drug-likeness (QED) is 0.827. The van der Waals surface area contributed by atoms with E-state index in [9.17, 15) is 14.4 Å². The Hall–Kier alpha value is -1.44. The third kappa shape index (κ3) is 3.17. The number of carbonyl (C=O) groups excluding carboxylic acids is 3. The van der Waals surface area contributed by atoms with Gasteiger partial charge < -0.3 is 11.1 Å².